The largest absolute Gasteiger partial charge is 1.00 e. The van der Waals surface area contributed by atoms with Gasteiger partial charge in [-0.25, -0.2) is 28.8 Å². The molecule has 0 atom stereocenters. The van der Waals surface area contributed by atoms with E-state index in [-0.39, 0.29) is 798 Å². The van der Waals surface area contributed by atoms with Crippen LogP contribution in [0.1, 0.15) is 62.1 Å². The van der Waals surface area contributed by atoms with Gasteiger partial charge >= 0.3 is 834 Å². The summed E-state index contributed by atoms with van der Waals surface area (Å²) in [5.74, 6) is -5.27. The normalized spacial score (nSPS) is 5.93. The molecular weight excluding hydrogens is 1320 g/mol. The fourth-order valence-corrected chi connectivity index (χ4v) is 3.48. The average Bonchev–Trinajstić information content (AvgIpc) is 3.21. The van der Waals surface area contributed by atoms with Crippen molar-refractivity contribution >= 4 is 35.8 Å². The standard InChI is InChI=1S/6C7H6O2.27Na/c6*8-7(9)6-4-2-1-3-5-6;;;;;;;;;;;;;;;;;;;;;;;;;;;/h6*1-5H,(H,8,9);;;;;;;;;;;;;;;;;;;;;;;;;;;/q;;;;;;27*+1. The zero-order valence-corrected chi connectivity index (χ0v) is 109. The van der Waals surface area contributed by atoms with Gasteiger partial charge in [0.05, 0.1) is 33.4 Å². The van der Waals surface area contributed by atoms with E-state index >= 15 is 0 Å². The molecule has 0 unspecified atom stereocenters. The molecule has 0 bridgehead atoms. The molecule has 0 aromatic heterocycles. The van der Waals surface area contributed by atoms with Crippen LogP contribution in [0, 0.1) is 0 Å². The van der Waals surface area contributed by atoms with Gasteiger partial charge < -0.3 is 30.6 Å². The van der Waals surface area contributed by atoms with Crippen molar-refractivity contribution in [1.29, 1.82) is 0 Å². The van der Waals surface area contributed by atoms with Crippen LogP contribution in [0.15, 0.2) is 182 Å². The summed E-state index contributed by atoms with van der Waals surface area (Å²) in [5, 5.41) is 50.3. The smallest absolute Gasteiger partial charge is 0.478 e. The zero-order valence-electron chi connectivity index (χ0n) is 55.5. The summed E-state index contributed by atoms with van der Waals surface area (Å²) in [5.41, 5.74) is 1.99. The van der Waals surface area contributed by atoms with E-state index in [0.29, 0.717) is 33.4 Å². The monoisotopic (exact) mass is 1350 g/mol. The molecule has 12 nitrogen and oxygen atoms in total. The molecule has 6 N–H and O–H groups in total. The molecule has 0 radical (unpaired) electrons. The Morgan fingerprint density at radius 3 is 0.247 bits per heavy atom. The summed E-state index contributed by atoms with van der Waals surface area (Å²) < 4.78 is 0. The van der Waals surface area contributed by atoms with Crippen LogP contribution in [-0.2, 0) is 0 Å². The van der Waals surface area contributed by atoms with E-state index in [9.17, 15) is 28.8 Å². The molecule has 0 aliphatic carbocycles. The number of carboxylic acids is 6. The third-order valence-corrected chi connectivity index (χ3v) is 6.12. The molecule has 6 aromatic carbocycles. The molecule has 0 saturated carbocycles. The molecule has 6 aromatic rings. The van der Waals surface area contributed by atoms with E-state index in [1.165, 1.54) is 0 Å². The van der Waals surface area contributed by atoms with Crippen LogP contribution in [0.3, 0.4) is 0 Å². The Balaban J connectivity index is -0.0000000162. The van der Waals surface area contributed by atoms with Crippen molar-refractivity contribution < 1.29 is 857 Å². The quantitative estimate of drug-likeness (QED) is 0.0857. The van der Waals surface area contributed by atoms with Crippen molar-refractivity contribution in [3.8, 4) is 0 Å². The van der Waals surface area contributed by atoms with E-state index in [0.717, 1.165) is 0 Å². The van der Waals surface area contributed by atoms with E-state index in [4.69, 9.17) is 30.6 Å². The molecule has 0 amide bonds. The van der Waals surface area contributed by atoms with Gasteiger partial charge in [0.2, 0.25) is 0 Å². The van der Waals surface area contributed by atoms with Gasteiger partial charge in [0, 0.05) is 0 Å². The molecule has 6 rings (SSSR count). The first-order chi connectivity index (χ1) is 25.8. The molecule has 0 saturated heterocycles. The van der Waals surface area contributed by atoms with Gasteiger partial charge in [0.15, 0.2) is 0 Å². The third-order valence-electron chi connectivity index (χ3n) is 6.12. The first-order valence-electron chi connectivity index (χ1n) is 15.5. The Bertz CT molecular complexity index is 1680. The Hall–Kier alpha value is 19.1. The van der Waals surface area contributed by atoms with E-state index in [1.807, 2.05) is 0 Å². The Labute approximate surface area is 1080 Å². The maximum Gasteiger partial charge on any atom is 1.00 e. The number of rotatable bonds is 6. The van der Waals surface area contributed by atoms with Crippen molar-refractivity contribution in [3.63, 3.8) is 0 Å². The molecule has 0 spiro atoms. The second-order valence-electron chi connectivity index (χ2n) is 10.0. The van der Waals surface area contributed by atoms with Crippen LogP contribution < -0.4 is 798 Å². The molecular formula is C42H36Na27O12+27. The van der Waals surface area contributed by atoms with Crippen LogP contribution in [0.25, 0.3) is 0 Å². The molecule has 39 heteroatoms. The number of hydrogen-bond acceptors (Lipinski definition) is 6. The van der Waals surface area contributed by atoms with E-state index in [1.54, 1.807) is 182 Å². The predicted molar refractivity (Wildman–Crippen MR) is 200 cm³/mol. The summed E-state index contributed by atoms with van der Waals surface area (Å²) >= 11 is 0. The fourth-order valence-electron chi connectivity index (χ4n) is 3.48. The summed E-state index contributed by atoms with van der Waals surface area (Å²) in [4.78, 5) is 61.2. The first kappa shape index (κ1) is 184. The van der Waals surface area contributed by atoms with E-state index < -0.39 is 35.8 Å². The Kier molecular flexibility index (Phi) is 299. The minimum atomic E-state index is -0.879. The van der Waals surface area contributed by atoms with Crippen molar-refractivity contribution in [2.75, 3.05) is 0 Å². The topological polar surface area (TPSA) is 224 Å². The van der Waals surface area contributed by atoms with Crippen molar-refractivity contribution in [3.05, 3.63) is 215 Å². The molecule has 0 heterocycles. The average molecular weight is 1350 g/mol. The van der Waals surface area contributed by atoms with Gasteiger partial charge in [0.25, 0.3) is 0 Å². The maximum atomic E-state index is 10.2. The van der Waals surface area contributed by atoms with E-state index in [2.05, 4.69) is 0 Å². The van der Waals surface area contributed by atoms with Crippen LogP contribution in [0.5, 0.6) is 0 Å². The minimum absolute atomic E-state index is 0. The third kappa shape index (κ3) is 113. The first-order valence-corrected chi connectivity index (χ1v) is 15.5. The minimum Gasteiger partial charge on any atom is -0.478 e. The second kappa shape index (κ2) is 132. The molecule has 81 heavy (non-hydrogen) atoms. The zero-order chi connectivity index (χ0) is 40.1. The number of hydrogen-bond donors (Lipinski definition) is 6. The molecule has 0 aliphatic heterocycles. The molecule has 0 fully saturated rings. The number of carboxylic acid groups (broad SMARTS) is 6. The predicted octanol–water partition coefficient (Wildman–Crippen LogP) is -72.6. The summed E-state index contributed by atoms with van der Waals surface area (Å²) in [6, 6.07) is 49.8. The van der Waals surface area contributed by atoms with Gasteiger partial charge in [-0.2, -0.15) is 0 Å². The molecule has 0 aliphatic rings. The summed E-state index contributed by atoms with van der Waals surface area (Å²) in [6.45, 7) is 0. The van der Waals surface area contributed by atoms with Gasteiger partial charge in [0.1, 0.15) is 0 Å². The maximum absolute atomic E-state index is 10.2. The summed E-state index contributed by atoms with van der Waals surface area (Å²) in [7, 11) is 0. The van der Waals surface area contributed by atoms with Gasteiger partial charge in [-0.1, -0.05) is 109 Å². The number of carbonyl (C=O) groups is 6. The molecule has 276 valence electrons. The van der Waals surface area contributed by atoms with Crippen LogP contribution in [0.4, 0.5) is 0 Å². The Morgan fingerprint density at radius 1 is 0.148 bits per heavy atom. The SMILES string of the molecule is O=C(O)c1ccccc1.O=C(O)c1ccccc1.O=C(O)c1ccccc1.O=C(O)c1ccccc1.O=C(O)c1ccccc1.O=C(O)c1ccccc1.[Na+].[Na+].[Na+].[Na+].[Na+].[Na+].[Na+].[Na+].[Na+].[Na+].[Na+].[Na+].[Na+].[Na+].[Na+].[Na+].[Na+].[Na+].[Na+].[Na+].[Na+].[Na+].[Na+].[Na+].[Na+].[Na+].[Na+]. The van der Waals surface area contributed by atoms with Crippen molar-refractivity contribution in [2.24, 2.45) is 0 Å². The van der Waals surface area contributed by atoms with Crippen molar-refractivity contribution in [2.45, 2.75) is 0 Å². The van der Waals surface area contributed by atoms with Crippen molar-refractivity contribution in [1.82, 2.24) is 0 Å². The van der Waals surface area contributed by atoms with Gasteiger partial charge in [-0.15, -0.1) is 0 Å². The van der Waals surface area contributed by atoms with Gasteiger partial charge in [-0.05, 0) is 72.8 Å². The van der Waals surface area contributed by atoms with Crippen LogP contribution >= 0.6 is 0 Å². The number of benzene rings is 6. The second-order valence-corrected chi connectivity index (χ2v) is 10.0. The Morgan fingerprint density at radius 2 is 0.210 bits per heavy atom. The fraction of sp³-hybridized carbons (Fsp3) is 0. The summed E-state index contributed by atoms with van der Waals surface area (Å²) in [6.07, 6.45) is 0. The van der Waals surface area contributed by atoms with Gasteiger partial charge in [-0.3, -0.25) is 0 Å². The van der Waals surface area contributed by atoms with Crippen LogP contribution in [-0.4, -0.2) is 66.5 Å². The van der Waals surface area contributed by atoms with Crippen LogP contribution in [0.2, 0.25) is 0 Å². The number of aromatic carboxylic acids is 6.